The van der Waals surface area contributed by atoms with Crippen LogP contribution in [0.2, 0.25) is 0 Å². The zero-order valence-corrected chi connectivity index (χ0v) is 9.22. The van der Waals surface area contributed by atoms with E-state index in [1.54, 1.807) is 12.1 Å². The van der Waals surface area contributed by atoms with Crippen molar-refractivity contribution in [3.8, 4) is 6.07 Å². The van der Waals surface area contributed by atoms with Crippen molar-refractivity contribution >= 4 is 5.69 Å². The molecule has 0 N–H and O–H groups in total. The first-order valence-corrected chi connectivity index (χ1v) is 5.27. The second kappa shape index (κ2) is 5.86. The van der Waals surface area contributed by atoms with Gasteiger partial charge in [-0.3, -0.25) is 10.1 Å². The van der Waals surface area contributed by atoms with Gasteiger partial charge in [-0.25, -0.2) is 0 Å². The summed E-state index contributed by atoms with van der Waals surface area (Å²) in [6.45, 7) is 2.03. The molecule has 16 heavy (non-hydrogen) atoms. The van der Waals surface area contributed by atoms with E-state index in [4.69, 9.17) is 5.26 Å². The van der Waals surface area contributed by atoms with E-state index in [0.717, 1.165) is 18.4 Å². The fourth-order valence-electron chi connectivity index (χ4n) is 1.62. The molecule has 0 aromatic heterocycles. The van der Waals surface area contributed by atoms with Crippen LogP contribution in [0.15, 0.2) is 24.3 Å². The van der Waals surface area contributed by atoms with E-state index in [1.165, 1.54) is 6.07 Å². The lowest BCUT2D eigenvalue weighted by atomic mass is 9.94. The largest absolute Gasteiger partial charge is 0.269 e. The average molecular weight is 218 g/mol. The van der Waals surface area contributed by atoms with E-state index < -0.39 is 4.92 Å². The summed E-state index contributed by atoms with van der Waals surface area (Å²) in [6.07, 6.45) is 2.14. The highest BCUT2D eigenvalue weighted by atomic mass is 16.6. The lowest BCUT2D eigenvalue weighted by Crippen LogP contribution is -2.02. The summed E-state index contributed by atoms with van der Waals surface area (Å²) in [7, 11) is 0. The minimum absolute atomic E-state index is 0.115. The molecule has 4 heteroatoms. The number of benzene rings is 1. The Hall–Kier alpha value is -1.89. The maximum atomic E-state index is 10.6. The Balaban J connectivity index is 2.77. The molecule has 1 aromatic rings. The molecular weight excluding hydrogens is 204 g/mol. The van der Waals surface area contributed by atoms with Crippen molar-refractivity contribution in [2.24, 2.45) is 5.92 Å². The number of rotatable bonds is 5. The Morgan fingerprint density at radius 3 is 2.88 bits per heavy atom. The molecule has 1 aromatic carbocycles. The smallest absolute Gasteiger partial charge is 0.258 e. The second-order valence-corrected chi connectivity index (χ2v) is 3.77. The van der Waals surface area contributed by atoms with Crippen LogP contribution in [0.5, 0.6) is 0 Å². The monoisotopic (exact) mass is 218 g/mol. The molecule has 0 fully saturated rings. The maximum Gasteiger partial charge on any atom is 0.269 e. The summed E-state index contributed by atoms with van der Waals surface area (Å²) in [5.41, 5.74) is 1.04. The van der Waals surface area contributed by atoms with Crippen molar-refractivity contribution in [2.75, 3.05) is 0 Å². The lowest BCUT2D eigenvalue weighted by Gasteiger charge is -2.10. The summed E-state index contributed by atoms with van der Waals surface area (Å²) >= 11 is 0. The molecule has 0 saturated heterocycles. The first-order chi connectivity index (χ1) is 7.67. The molecule has 0 aliphatic rings. The molecule has 0 aliphatic carbocycles. The summed E-state index contributed by atoms with van der Waals surface area (Å²) in [5.74, 6) is 0.284. The number of nitro benzene ring substituents is 1. The van der Waals surface area contributed by atoms with Gasteiger partial charge in [-0.1, -0.05) is 25.5 Å². The maximum absolute atomic E-state index is 10.6. The van der Waals surface area contributed by atoms with Crippen LogP contribution in [0.1, 0.15) is 25.3 Å². The normalized spacial score (nSPS) is 11.8. The second-order valence-electron chi connectivity index (χ2n) is 3.77. The number of nitrogens with zero attached hydrogens (tertiary/aromatic N) is 2. The topological polar surface area (TPSA) is 66.9 Å². The predicted octanol–water partition coefficient (Wildman–Crippen LogP) is 3.08. The Bertz CT molecular complexity index is 410. The fraction of sp³-hybridized carbons (Fsp3) is 0.417. The van der Waals surface area contributed by atoms with Crippen LogP contribution in [0.4, 0.5) is 5.69 Å². The highest BCUT2D eigenvalue weighted by Gasteiger charge is 2.10. The van der Waals surface area contributed by atoms with Crippen LogP contribution >= 0.6 is 0 Å². The van der Waals surface area contributed by atoms with Crippen LogP contribution in [-0.2, 0) is 6.42 Å². The minimum atomic E-state index is -0.394. The highest BCUT2D eigenvalue weighted by Crippen LogP contribution is 2.19. The SMILES string of the molecule is CCC(CC#N)Cc1cccc([N+](=O)[O-])c1. The molecular formula is C12H14N2O2. The van der Waals surface area contributed by atoms with Gasteiger partial charge in [0.05, 0.1) is 11.0 Å². The number of hydrogen-bond donors (Lipinski definition) is 0. The molecule has 0 heterocycles. The number of nitriles is 1. The lowest BCUT2D eigenvalue weighted by molar-refractivity contribution is -0.384. The van der Waals surface area contributed by atoms with Crippen molar-refractivity contribution < 1.29 is 4.92 Å². The number of hydrogen-bond acceptors (Lipinski definition) is 3. The molecule has 84 valence electrons. The van der Waals surface area contributed by atoms with E-state index in [9.17, 15) is 10.1 Å². The summed E-state index contributed by atoms with van der Waals surface area (Å²) in [5, 5.41) is 19.2. The van der Waals surface area contributed by atoms with Crippen molar-refractivity contribution in [1.82, 2.24) is 0 Å². The van der Waals surface area contributed by atoms with Gasteiger partial charge in [-0.2, -0.15) is 5.26 Å². The van der Waals surface area contributed by atoms with Gasteiger partial charge in [0.15, 0.2) is 0 Å². The fourth-order valence-corrected chi connectivity index (χ4v) is 1.62. The van der Waals surface area contributed by atoms with Gasteiger partial charge in [0.1, 0.15) is 0 Å². The van der Waals surface area contributed by atoms with Gasteiger partial charge in [0.2, 0.25) is 0 Å². The first-order valence-electron chi connectivity index (χ1n) is 5.27. The molecule has 0 amide bonds. The third kappa shape index (κ3) is 3.35. The molecule has 0 aliphatic heterocycles. The highest BCUT2D eigenvalue weighted by molar-refractivity contribution is 5.34. The standard InChI is InChI=1S/C12H14N2O2/c1-2-10(6-7-13)8-11-4-3-5-12(9-11)14(15)16/h3-5,9-10H,2,6,8H2,1H3. The Labute approximate surface area is 94.7 Å². The third-order valence-electron chi connectivity index (χ3n) is 2.60. The third-order valence-corrected chi connectivity index (χ3v) is 2.60. The van der Waals surface area contributed by atoms with Gasteiger partial charge in [0, 0.05) is 18.6 Å². The molecule has 0 bridgehead atoms. The molecule has 1 rings (SSSR count). The van der Waals surface area contributed by atoms with Gasteiger partial charge in [-0.15, -0.1) is 0 Å². The van der Waals surface area contributed by atoms with Crippen LogP contribution in [0.3, 0.4) is 0 Å². The van der Waals surface area contributed by atoms with E-state index in [2.05, 4.69) is 6.07 Å². The Morgan fingerprint density at radius 2 is 2.31 bits per heavy atom. The molecule has 0 spiro atoms. The van der Waals surface area contributed by atoms with Crippen LogP contribution in [0.25, 0.3) is 0 Å². The number of nitro groups is 1. The summed E-state index contributed by atoms with van der Waals surface area (Å²) < 4.78 is 0. The van der Waals surface area contributed by atoms with Gasteiger partial charge >= 0.3 is 0 Å². The van der Waals surface area contributed by atoms with E-state index >= 15 is 0 Å². The van der Waals surface area contributed by atoms with Gasteiger partial charge in [0.25, 0.3) is 5.69 Å². The van der Waals surface area contributed by atoms with Crippen LogP contribution in [-0.4, -0.2) is 4.92 Å². The predicted molar refractivity (Wildman–Crippen MR) is 60.8 cm³/mol. The quantitative estimate of drug-likeness (QED) is 0.563. The Kier molecular flexibility index (Phi) is 4.46. The molecule has 0 saturated carbocycles. The summed E-state index contributed by atoms with van der Waals surface area (Å²) in [4.78, 5) is 10.2. The van der Waals surface area contributed by atoms with E-state index in [-0.39, 0.29) is 11.6 Å². The molecule has 1 unspecified atom stereocenters. The van der Waals surface area contributed by atoms with Gasteiger partial charge < -0.3 is 0 Å². The van der Waals surface area contributed by atoms with Crippen LogP contribution in [0, 0.1) is 27.4 Å². The van der Waals surface area contributed by atoms with Crippen molar-refractivity contribution in [3.05, 3.63) is 39.9 Å². The first kappa shape index (κ1) is 12.2. The van der Waals surface area contributed by atoms with E-state index in [1.807, 2.05) is 13.0 Å². The zero-order chi connectivity index (χ0) is 12.0. The zero-order valence-electron chi connectivity index (χ0n) is 9.22. The van der Waals surface area contributed by atoms with E-state index in [0.29, 0.717) is 6.42 Å². The molecule has 0 radical (unpaired) electrons. The molecule has 1 atom stereocenters. The minimum Gasteiger partial charge on any atom is -0.258 e. The average Bonchev–Trinajstić information content (AvgIpc) is 2.29. The summed E-state index contributed by atoms with van der Waals surface area (Å²) in [6, 6.07) is 8.76. The van der Waals surface area contributed by atoms with Crippen molar-refractivity contribution in [2.45, 2.75) is 26.2 Å². The van der Waals surface area contributed by atoms with Crippen molar-refractivity contribution in [1.29, 1.82) is 5.26 Å². The number of non-ortho nitro benzene ring substituents is 1. The van der Waals surface area contributed by atoms with Gasteiger partial charge in [-0.05, 0) is 17.9 Å². The van der Waals surface area contributed by atoms with Crippen molar-refractivity contribution in [3.63, 3.8) is 0 Å². The van der Waals surface area contributed by atoms with Crippen LogP contribution < -0.4 is 0 Å². The Morgan fingerprint density at radius 1 is 1.56 bits per heavy atom. The molecule has 4 nitrogen and oxygen atoms in total.